The van der Waals surface area contributed by atoms with Crippen LogP contribution in [0.3, 0.4) is 0 Å². The van der Waals surface area contributed by atoms with Crippen LogP contribution in [0.2, 0.25) is 0 Å². The van der Waals surface area contributed by atoms with E-state index in [0.29, 0.717) is 17.0 Å². The van der Waals surface area contributed by atoms with Crippen molar-refractivity contribution < 1.29 is 18.3 Å². The van der Waals surface area contributed by atoms with E-state index >= 15 is 0 Å². The SMILES string of the molecule is CCc1nnsc1C(O)CCC(F)(F)F. The first-order chi connectivity index (χ1) is 6.94. The van der Waals surface area contributed by atoms with Crippen LogP contribution < -0.4 is 0 Å². The molecule has 0 aliphatic rings. The Kier molecular flexibility index (Phi) is 4.04. The second-order valence-electron chi connectivity index (χ2n) is 3.11. The Hall–Kier alpha value is -0.690. The van der Waals surface area contributed by atoms with Crippen LogP contribution in [0.1, 0.15) is 36.4 Å². The Morgan fingerprint density at radius 3 is 2.67 bits per heavy atom. The van der Waals surface area contributed by atoms with Crippen molar-refractivity contribution >= 4 is 11.5 Å². The molecule has 0 spiro atoms. The molecule has 0 aliphatic carbocycles. The van der Waals surface area contributed by atoms with Crippen molar-refractivity contribution in [2.24, 2.45) is 0 Å². The number of halogens is 3. The van der Waals surface area contributed by atoms with Crippen molar-refractivity contribution in [1.29, 1.82) is 0 Å². The summed E-state index contributed by atoms with van der Waals surface area (Å²) in [5.41, 5.74) is 0.578. The third-order valence-electron chi connectivity index (χ3n) is 1.92. The van der Waals surface area contributed by atoms with Crippen LogP contribution in [-0.2, 0) is 6.42 Å². The van der Waals surface area contributed by atoms with Crippen molar-refractivity contribution in [1.82, 2.24) is 9.59 Å². The maximum Gasteiger partial charge on any atom is 0.389 e. The summed E-state index contributed by atoms with van der Waals surface area (Å²) in [5.74, 6) is 0. The van der Waals surface area contributed by atoms with Gasteiger partial charge in [0.2, 0.25) is 0 Å². The molecule has 0 fully saturated rings. The Balaban J connectivity index is 2.57. The molecule has 1 rings (SSSR count). The lowest BCUT2D eigenvalue weighted by molar-refractivity contribution is -0.140. The summed E-state index contributed by atoms with van der Waals surface area (Å²) < 4.78 is 39.3. The Labute approximate surface area is 89.1 Å². The molecule has 0 radical (unpaired) electrons. The van der Waals surface area contributed by atoms with Gasteiger partial charge in [-0.3, -0.25) is 0 Å². The minimum Gasteiger partial charge on any atom is -0.387 e. The number of hydrogen-bond donors (Lipinski definition) is 1. The number of aliphatic hydroxyl groups excluding tert-OH is 1. The fraction of sp³-hybridized carbons (Fsp3) is 0.750. The van der Waals surface area contributed by atoms with Gasteiger partial charge in [0.25, 0.3) is 0 Å². The van der Waals surface area contributed by atoms with Gasteiger partial charge in [-0.1, -0.05) is 11.4 Å². The van der Waals surface area contributed by atoms with Crippen LogP contribution in [0, 0.1) is 0 Å². The lowest BCUT2D eigenvalue weighted by Gasteiger charge is -2.10. The van der Waals surface area contributed by atoms with Crippen LogP contribution in [0.25, 0.3) is 0 Å². The van der Waals surface area contributed by atoms with E-state index in [9.17, 15) is 18.3 Å². The molecule has 0 aliphatic heterocycles. The topological polar surface area (TPSA) is 46.0 Å². The van der Waals surface area contributed by atoms with Crippen LogP contribution >= 0.6 is 11.5 Å². The van der Waals surface area contributed by atoms with E-state index in [1.807, 2.05) is 6.92 Å². The van der Waals surface area contributed by atoms with Gasteiger partial charge in [0.1, 0.15) is 0 Å². The van der Waals surface area contributed by atoms with E-state index in [1.54, 1.807) is 0 Å². The summed E-state index contributed by atoms with van der Waals surface area (Å²) >= 11 is 0.954. The highest BCUT2D eigenvalue weighted by Gasteiger charge is 2.29. The normalized spacial score (nSPS) is 14.2. The van der Waals surface area contributed by atoms with Crippen LogP contribution in [-0.4, -0.2) is 20.9 Å². The molecular weight excluding hydrogens is 229 g/mol. The number of alkyl halides is 3. The molecule has 0 saturated heterocycles. The fourth-order valence-corrected chi connectivity index (χ4v) is 1.90. The minimum atomic E-state index is -4.23. The molecule has 1 aromatic heterocycles. The molecule has 1 N–H and O–H groups in total. The molecule has 86 valence electrons. The van der Waals surface area contributed by atoms with Crippen molar-refractivity contribution in [2.45, 2.75) is 38.5 Å². The smallest absolute Gasteiger partial charge is 0.387 e. The predicted molar refractivity (Wildman–Crippen MR) is 49.5 cm³/mol. The summed E-state index contributed by atoms with van der Waals surface area (Å²) in [5, 5.41) is 13.2. The first kappa shape index (κ1) is 12.4. The average Bonchev–Trinajstić information content (AvgIpc) is 2.60. The van der Waals surface area contributed by atoms with Crippen molar-refractivity contribution in [3.05, 3.63) is 10.6 Å². The van der Waals surface area contributed by atoms with E-state index in [4.69, 9.17) is 0 Å². The van der Waals surface area contributed by atoms with Crippen molar-refractivity contribution in [2.75, 3.05) is 0 Å². The maximum atomic E-state index is 11.9. The highest BCUT2D eigenvalue weighted by Crippen LogP contribution is 2.30. The zero-order chi connectivity index (χ0) is 11.5. The van der Waals surface area contributed by atoms with Crippen molar-refractivity contribution in [3.63, 3.8) is 0 Å². The Morgan fingerprint density at radius 2 is 2.13 bits per heavy atom. The van der Waals surface area contributed by atoms with Gasteiger partial charge in [-0.25, -0.2) is 0 Å². The molecule has 0 aromatic carbocycles. The van der Waals surface area contributed by atoms with Crippen molar-refractivity contribution in [3.8, 4) is 0 Å². The van der Waals surface area contributed by atoms with Gasteiger partial charge in [-0.2, -0.15) is 13.2 Å². The zero-order valence-corrected chi connectivity index (χ0v) is 8.90. The molecule has 3 nitrogen and oxygen atoms in total. The van der Waals surface area contributed by atoms with Gasteiger partial charge in [-0.05, 0) is 24.4 Å². The van der Waals surface area contributed by atoms with Gasteiger partial charge < -0.3 is 5.11 Å². The number of aryl methyl sites for hydroxylation is 1. The first-order valence-electron chi connectivity index (χ1n) is 4.50. The van der Waals surface area contributed by atoms with Gasteiger partial charge in [0.15, 0.2) is 0 Å². The number of aliphatic hydroxyl groups is 1. The second kappa shape index (κ2) is 4.89. The largest absolute Gasteiger partial charge is 0.389 e. The Bertz CT molecular complexity index is 313. The van der Waals surface area contributed by atoms with Gasteiger partial charge >= 0.3 is 6.18 Å². The summed E-state index contributed by atoms with van der Waals surface area (Å²) in [6.45, 7) is 1.82. The zero-order valence-electron chi connectivity index (χ0n) is 8.08. The monoisotopic (exact) mass is 240 g/mol. The number of nitrogens with zero attached hydrogens (tertiary/aromatic N) is 2. The Morgan fingerprint density at radius 1 is 1.47 bits per heavy atom. The van der Waals surface area contributed by atoms with E-state index in [0.717, 1.165) is 11.5 Å². The lowest BCUT2D eigenvalue weighted by Crippen LogP contribution is -2.10. The lowest BCUT2D eigenvalue weighted by atomic mass is 10.1. The number of aromatic nitrogens is 2. The molecule has 15 heavy (non-hydrogen) atoms. The third-order valence-corrected chi connectivity index (χ3v) is 2.79. The highest BCUT2D eigenvalue weighted by molar-refractivity contribution is 7.05. The summed E-state index contributed by atoms with van der Waals surface area (Å²) in [7, 11) is 0. The molecule has 1 aromatic rings. The summed E-state index contributed by atoms with van der Waals surface area (Å²) in [4.78, 5) is 0.446. The quantitative estimate of drug-likeness (QED) is 0.879. The van der Waals surface area contributed by atoms with Crippen LogP contribution in [0.4, 0.5) is 13.2 Å². The molecule has 0 saturated carbocycles. The predicted octanol–water partition coefficient (Wildman–Crippen LogP) is 2.48. The first-order valence-corrected chi connectivity index (χ1v) is 5.27. The van der Waals surface area contributed by atoms with Gasteiger partial charge in [0, 0.05) is 6.42 Å². The second-order valence-corrected chi connectivity index (χ2v) is 3.89. The molecule has 0 bridgehead atoms. The number of rotatable bonds is 4. The summed E-state index contributed by atoms with van der Waals surface area (Å²) in [6.07, 6.45) is -6.10. The van der Waals surface area contributed by atoms with E-state index in [2.05, 4.69) is 9.59 Å². The highest BCUT2D eigenvalue weighted by atomic mass is 32.1. The molecular formula is C8H11F3N2OS. The van der Waals surface area contributed by atoms with Crippen LogP contribution in [0.5, 0.6) is 0 Å². The van der Waals surface area contributed by atoms with Gasteiger partial charge in [0.05, 0.1) is 16.7 Å². The average molecular weight is 240 g/mol. The molecule has 1 heterocycles. The van der Waals surface area contributed by atoms with Gasteiger partial charge in [-0.15, -0.1) is 5.10 Å². The molecule has 1 unspecified atom stereocenters. The van der Waals surface area contributed by atoms with E-state index < -0.39 is 18.7 Å². The summed E-state index contributed by atoms with van der Waals surface area (Å²) in [6, 6.07) is 0. The van der Waals surface area contributed by atoms with E-state index in [1.165, 1.54) is 0 Å². The standard InChI is InChI=1S/C8H11F3N2OS/c1-2-5-7(15-13-12-5)6(14)3-4-8(9,10)11/h6,14H,2-4H2,1H3. The third kappa shape index (κ3) is 3.75. The minimum absolute atomic E-state index is 0.333. The van der Waals surface area contributed by atoms with E-state index in [-0.39, 0.29) is 6.42 Å². The number of hydrogen-bond acceptors (Lipinski definition) is 4. The molecule has 7 heteroatoms. The fourth-order valence-electron chi connectivity index (χ4n) is 1.15. The maximum absolute atomic E-state index is 11.9. The molecule has 1 atom stereocenters. The molecule has 0 amide bonds. The van der Waals surface area contributed by atoms with Crippen LogP contribution in [0.15, 0.2) is 0 Å².